The van der Waals surface area contributed by atoms with E-state index in [-0.39, 0.29) is 10.8 Å². The zero-order valence-corrected chi connectivity index (χ0v) is 17.9. The average Bonchev–Trinajstić information content (AvgIpc) is 2.74. The number of aromatic nitrogens is 1. The summed E-state index contributed by atoms with van der Waals surface area (Å²) in [5.41, 5.74) is 1.60. The topological polar surface area (TPSA) is 117 Å². The number of nitrogens with one attached hydrogen (secondary N) is 1. The number of carbonyl (C=O) groups excluding carboxylic acids is 1. The molecule has 1 aliphatic rings. The zero-order valence-electron chi connectivity index (χ0n) is 17.0. The van der Waals surface area contributed by atoms with Gasteiger partial charge >= 0.3 is 12.1 Å². The zero-order chi connectivity index (χ0) is 23.9. The van der Waals surface area contributed by atoms with Gasteiger partial charge in [-0.05, 0) is 44.0 Å². The summed E-state index contributed by atoms with van der Waals surface area (Å²) < 4.78 is 59.1. The summed E-state index contributed by atoms with van der Waals surface area (Å²) in [6.45, 7) is 2.26. The van der Waals surface area contributed by atoms with Crippen molar-refractivity contribution in [2.45, 2.75) is 43.3 Å². The Morgan fingerprint density at radius 1 is 1.09 bits per heavy atom. The second-order valence-corrected chi connectivity index (χ2v) is 8.86. The summed E-state index contributed by atoms with van der Waals surface area (Å²) in [7, 11) is -3.71. The highest BCUT2D eigenvalue weighted by molar-refractivity contribution is 7.89. The van der Waals surface area contributed by atoms with Gasteiger partial charge in [0.15, 0.2) is 0 Å². The number of piperidine rings is 1. The number of halogens is 3. The number of aliphatic carboxylic acids is 1. The first-order valence-corrected chi connectivity index (χ1v) is 11.0. The molecule has 0 aliphatic carbocycles. The number of carboxylic acid groups (broad SMARTS) is 1. The molecule has 12 heteroatoms. The molecule has 174 valence electrons. The summed E-state index contributed by atoms with van der Waals surface area (Å²) in [6, 6.07) is 9.38. The van der Waals surface area contributed by atoms with E-state index in [0.717, 1.165) is 18.4 Å². The Morgan fingerprint density at radius 2 is 1.66 bits per heavy atom. The molecular weight excluding hydrogens is 451 g/mol. The van der Waals surface area contributed by atoms with Crippen LogP contribution < -0.4 is 5.32 Å². The molecular formula is C20H22F3N3O5S. The largest absolute Gasteiger partial charge is 0.490 e. The van der Waals surface area contributed by atoms with Crippen molar-refractivity contribution in [3.63, 3.8) is 0 Å². The van der Waals surface area contributed by atoms with E-state index in [9.17, 15) is 26.4 Å². The Balaban J connectivity index is 0.000000451. The van der Waals surface area contributed by atoms with E-state index < -0.39 is 28.2 Å². The molecule has 1 aromatic carbocycles. The van der Waals surface area contributed by atoms with Crippen molar-refractivity contribution >= 4 is 27.6 Å². The minimum absolute atomic E-state index is 0.224. The smallest absolute Gasteiger partial charge is 0.475 e. The minimum Gasteiger partial charge on any atom is -0.475 e. The van der Waals surface area contributed by atoms with Crippen LogP contribution in [0.1, 0.15) is 24.8 Å². The summed E-state index contributed by atoms with van der Waals surface area (Å²) >= 11 is 0. The number of carboxylic acids is 1. The van der Waals surface area contributed by atoms with E-state index >= 15 is 0 Å². The van der Waals surface area contributed by atoms with Crippen LogP contribution in [0.5, 0.6) is 0 Å². The fourth-order valence-electron chi connectivity index (χ4n) is 2.96. The number of sulfonamides is 1. The summed E-state index contributed by atoms with van der Waals surface area (Å²) in [6.07, 6.45) is 0.176. The molecule has 0 radical (unpaired) electrons. The minimum atomic E-state index is -5.08. The lowest BCUT2D eigenvalue weighted by molar-refractivity contribution is -0.192. The molecule has 8 nitrogen and oxygen atoms in total. The molecule has 1 saturated heterocycles. The van der Waals surface area contributed by atoms with Crippen LogP contribution in [-0.2, 0) is 19.6 Å². The first-order chi connectivity index (χ1) is 14.9. The molecule has 0 saturated carbocycles. The quantitative estimate of drug-likeness (QED) is 0.705. The predicted molar refractivity (Wildman–Crippen MR) is 109 cm³/mol. The molecule has 2 heterocycles. The number of benzene rings is 1. The van der Waals surface area contributed by atoms with E-state index in [2.05, 4.69) is 10.3 Å². The van der Waals surface area contributed by atoms with E-state index in [4.69, 9.17) is 9.90 Å². The lowest BCUT2D eigenvalue weighted by atomic mass is 10.0. The highest BCUT2D eigenvalue weighted by atomic mass is 32.2. The summed E-state index contributed by atoms with van der Waals surface area (Å²) in [4.78, 5) is 25.7. The van der Waals surface area contributed by atoms with Gasteiger partial charge < -0.3 is 10.4 Å². The molecule has 1 atom stereocenters. The standard InChI is InChI=1S/C18H21N3O3S.C2HF3O2/c1-14-5-7-16(8-6-14)25(23,24)21-13-3-2-4-17(21)18(22)20-15-9-11-19-12-10-15;3-2(4,5)1(6)7/h5-12,17H,2-4,13H2,1H3,(H,19,20,22);(H,6,7)/t17-;/m1./s1. The number of rotatable bonds is 4. The van der Waals surface area contributed by atoms with Crippen molar-refractivity contribution in [1.82, 2.24) is 9.29 Å². The Bertz CT molecular complexity index is 1030. The number of pyridine rings is 1. The molecule has 2 aromatic rings. The molecule has 1 aromatic heterocycles. The number of amides is 1. The highest BCUT2D eigenvalue weighted by Gasteiger charge is 2.38. The Morgan fingerprint density at radius 3 is 2.19 bits per heavy atom. The number of carbonyl (C=O) groups is 2. The normalized spacial score (nSPS) is 17.1. The van der Waals surface area contributed by atoms with Gasteiger partial charge in [-0.3, -0.25) is 9.78 Å². The van der Waals surface area contributed by atoms with Crippen LogP contribution in [0, 0.1) is 6.92 Å². The third kappa shape index (κ3) is 6.76. The maximum atomic E-state index is 13.0. The second kappa shape index (κ2) is 10.6. The molecule has 0 bridgehead atoms. The summed E-state index contributed by atoms with van der Waals surface area (Å²) in [5.74, 6) is -3.06. The first kappa shape index (κ1) is 25.3. The Labute approximate surface area is 183 Å². The molecule has 3 rings (SSSR count). The number of aryl methyl sites for hydroxylation is 1. The van der Waals surface area contributed by atoms with E-state index in [0.29, 0.717) is 18.7 Å². The van der Waals surface area contributed by atoms with Gasteiger partial charge in [0.05, 0.1) is 4.90 Å². The van der Waals surface area contributed by atoms with Gasteiger partial charge in [-0.25, -0.2) is 13.2 Å². The average molecular weight is 473 g/mol. The van der Waals surface area contributed by atoms with E-state index in [1.165, 1.54) is 4.31 Å². The predicted octanol–water partition coefficient (Wildman–Crippen LogP) is 3.21. The van der Waals surface area contributed by atoms with Crippen molar-refractivity contribution in [2.75, 3.05) is 11.9 Å². The van der Waals surface area contributed by atoms with Crippen molar-refractivity contribution in [1.29, 1.82) is 0 Å². The van der Waals surface area contributed by atoms with Crippen LogP contribution >= 0.6 is 0 Å². The molecule has 0 unspecified atom stereocenters. The maximum Gasteiger partial charge on any atom is 0.490 e. The SMILES string of the molecule is Cc1ccc(S(=O)(=O)N2CCCC[C@@H]2C(=O)Nc2ccncc2)cc1.O=C(O)C(F)(F)F. The van der Waals surface area contributed by atoms with Gasteiger partial charge in [-0.2, -0.15) is 17.5 Å². The first-order valence-electron chi connectivity index (χ1n) is 9.52. The van der Waals surface area contributed by atoms with Crippen LogP contribution in [-0.4, -0.2) is 53.5 Å². The van der Waals surface area contributed by atoms with Crippen LogP contribution in [0.3, 0.4) is 0 Å². The third-order valence-electron chi connectivity index (χ3n) is 4.57. The van der Waals surface area contributed by atoms with Gasteiger partial charge in [0.1, 0.15) is 6.04 Å². The van der Waals surface area contributed by atoms with Crippen LogP contribution in [0.2, 0.25) is 0 Å². The van der Waals surface area contributed by atoms with Crippen LogP contribution in [0.15, 0.2) is 53.7 Å². The van der Waals surface area contributed by atoms with Crippen molar-refractivity contribution < 1.29 is 36.3 Å². The van der Waals surface area contributed by atoms with Crippen LogP contribution in [0.4, 0.5) is 18.9 Å². The fraction of sp³-hybridized carbons (Fsp3) is 0.350. The number of hydrogen-bond acceptors (Lipinski definition) is 5. The molecule has 32 heavy (non-hydrogen) atoms. The molecule has 2 N–H and O–H groups in total. The van der Waals surface area contributed by atoms with Crippen molar-refractivity contribution in [3.05, 3.63) is 54.4 Å². The van der Waals surface area contributed by atoms with Gasteiger partial charge in [0, 0.05) is 24.6 Å². The molecule has 0 spiro atoms. The highest BCUT2D eigenvalue weighted by Crippen LogP contribution is 2.26. The fourth-order valence-corrected chi connectivity index (χ4v) is 4.62. The lowest BCUT2D eigenvalue weighted by Crippen LogP contribution is -2.49. The molecule has 1 amide bonds. The van der Waals surface area contributed by atoms with Gasteiger partial charge in [-0.15, -0.1) is 0 Å². The lowest BCUT2D eigenvalue weighted by Gasteiger charge is -2.33. The van der Waals surface area contributed by atoms with Crippen molar-refractivity contribution in [3.8, 4) is 0 Å². The van der Waals surface area contributed by atoms with E-state index in [1.54, 1.807) is 48.8 Å². The second-order valence-electron chi connectivity index (χ2n) is 6.97. The number of nitrogens with zero attached hydrogens (tertiary/aromatic N) is 2. The van der Waals surface area contributed by atoms with E-state index in [1.807, 2.05) is 6.92 Å². The monoisotopic (exact) mass is 473 g/mol. The maximum absolute atomic E-state index is 13.0. The number of anilines is 1. The number of hydrogen-bond donors (Lipinski definition) is 2. The van der Waals surface area contributed by atoms with Gasteiger partial charge in [0.25, 0.3) is 0 Å². The molecule has 1 fully saturated rings. The van der Waals surface area contributed by atoms with Gasteiger partial charge in [-0.1, -0.05) is 24.1 Å². The number of alkyl halides is 3. The Kier molecular flexibility index (Phi) is 8.33. The van der Waals surface area contributed by atoms with Crippen LogP contribution in [0.25, 0.3) is 0 Å². The Hall–Kier alpha value is -2.99. The van der Waals surface area contributed by atoms with Gasteiger partial charge in [0.2, 0.25) is 15.9 Å². The molecule has 1 aliphatic heterocycles. The third-order valence-corrected chi connectivity index (χ3v) is 6.50. The van der Waals surface area contributed by atoms with Crippen molar-refractivity contribution in [2.24, 2.45) is 0 Å². The summed E-state index contributed by atoms with van der Waals surface area (Å²) in [5, 5.41) is 9.91.